The van der Waals surface area contributed by atoms with E-state index in [4.69, 9.17) is 9.84 Å². The van der Waals surface area contributed by atoms with Crippen molar-refractivity contribution in [2.45, 2.75) is 19.4 Å². The van der Waals surface area contributed by atoms with Gasteiger partial charge in [-0.1, -0.05) is 18.2 Å². The number of anilines is 1. The summed E-state index contributed by atoms with van der Waals surface area (Å²) >= 11 is 3.36. The van der Waals surface area contributed by atoms with Crippen LogP contribution in [0.2, 0.25) is 0 Å². The lowest BCUT2D eigenvalue weighted by Crippen LogP contribution is -2.18. The van der Waals surface area contributed by atoms with Crippen molar-refractivity contribution >= 4 is 33.5 Å². The highest BCUT2D eigenvalue weighted by atomic mass is 32.1. The molecule has 0 saturated heterocycles. The number of benzene rings is 1. The molecule has 0 unspecified atom stereocenters. The zero-order valence-corrected chi connectivity index (χ0v) is 15.1. The van der Waals surface area contributed by atoms with Gasteiger partial charge in [-0.2, -0.15) is 5.10 Å². The summed E-state index contributed by atoms with van der Waals surface area (Å²) < 4.78 is 5.39. The molecule has 0 spiro atoms. The van der Waals surface area contributed by atoms with Crippen LogP contribution >= 0.6 is 22.7 Å². The molecule has 1 atom stereocenters. The predicted octanol–water partition coefficient (Wildman–Crippen LogP) is 4.88. The third kappa shape index (κ3) is 2.83. The van der Waals surface area contributed by atoms with E-state index in [1.165, 1.54) is 10.4 Å². The van der Waals surface area contributed by atoms with Crippen LogP contribution in [0.4, 0.5) is 5.13 Å². The van der Waals surface area contributed by atoms with Gasteiger partial charge in [0.25, 0.3) is 0 Å². The molecule has 24 heavy (non-hydrogen) atoms. The summed E-state index contributed by atoms with van der Waals surface area (Å²) in [6.07, 6.45) is 0.867. The molecular formula is C18H17N3OS2. The van der Waals surface area contributed by atoms with Crippen LogP contribution in [-0.4, -0.2) is 17.8 Å². The number of thiophene rings is 1. The molecule has 0 fully saturated rings. The van der Waals surface area contributed by atoms with Crippen molar-refractivity contribution in [1.82, 2.24) is 4.98 Å². The minimum atomic E-state index is 0.141. The molecule has 3 heterocycles. The Morgan fingerprint density at radius 3 is 2.83 bits per heavy atom. The molecule has 4 rings (SSSR count). The first-order valence-electron chi connectivity index (χ1n) is 7.71. The van der Waals surface area contributed by atoms with Crippen molar-refractivity contribution < 1.29 is 4.74 Å². The summed E-state index contributed by atoms with van der Waals surface area (Å²) in [6.45, 7) is 2.01. The van der Waals surface area contributed by atoms with Gasteiger partial charge in [0.1, 0.15) is 5.75 Å². The highest BCUT2D eigenvalue weighted by Crippen LogP contribution is 2.39. The van der Waals surface area contributed by atoms with Crippen LogP contribution in [0.25, 0.3) is 0 Å². The lowest BCUT2D eigenvalue weighted by Gasteiger charge is -2.21. The number of hydrogen-bond donors (Lipinski definition) is 0. The quantitative estimate of drug-likeness (QED) is 0.669. The van der Waals surface area contributed by atoms with E-state index in [2.05, 4.69) is 45.0 Å². The fraction of sp³-hybridized carbons (Fsp3) is 0.222. The second-order valence-electron chi connectivity index (χ2n) is 5.64. The van der Waals surface area contributed by atoms with Crippen LogP contribution < -0.4 is 9.75 Å². The average Bonchev–Trinajstić information content (AvgIpc) is 3.34. The number of hydrazone groups is 1. The maximum Gasteiger partial charge on any atom is 0.206 e. The molecule has 2 aromatic heterocycles. The smallest absolute Gasteiger partial charge is 0.206 e. The van der Waals surface area contributed by atoms with E-state index in [-0.39, 0.29) is 6.04 Å². The number of nitrogens with zero attached hydrogens (tertiary/aromatic N) is 3. The summed E-state index contributed by atoms with van der Waals surface area (Å²) in [6, 6.07) is 12.6. The van der Waals surface area contributed by atoms with Gasteiger partial charge in [0, 0.05) is 11.8 Å². The van der Waals surface area contributed by atoms with Gasteiger partial charge in [0.2, 0.25) is 5.13 Å². The topological polar surface area (TPSA) is 37.7 Å². The summed E-state index contributed by atoms with van der Waals surface area (Å²) in [7, 11) is 1.70. The highest BCUT2D eigenvalue weighted by Gasteiger charge is 2.32. The van der Waals surface area contributed by atoms with E-state index in [9.17, 15) is 0 Å². The molecule has 1 aromatic carbocycles. The minimum absolute atomic E-state index is 0.141. The van der Waals surface area contributed by atoms with Crippen molar-refractivity contribution in [3.8, 4) is 5.75 Å². The number of methoxy groups -OCH3 is 1. The lowest BCUT2D eigenvalue weighted by molar-refractivity contribution is 0.414. The van der Waals surface area contributed by atoms with Gasteiger partial charge >= 0.3 is 0 Å². The van der Waals surface area contributed by atoms with E-state index in [0.717, 1.165) is 28.7 Å². The maximum absolute atomic E-state index is 5.39. The number of ether oxygens (including phenoxy) is 1. The van der Waals surface area contributed by atoms with Crippen LogP contribution in [0.1, 0.15) is 28.6 Å². The normalized spacial score (nSPS) is 17.2. The predicted molar refractivity (Wildman–Crippen MR) is 101 cm³/mol. The molecule has 1 aliphatic rings. The van der Waals surface area contributed by atoms with E-state index < -0.39 is 0 Å². The van der Waals surface area contributed by atoms with Crippen molar-refractivity contribution in [1.29, 1.82) is 0 Å². The zero-order valence-electron chi connectivity index (χ0n) is 13.5. The number of hydrogen-bond acceptors (Lipinski definition) is 6. The van der Waals surface area contributed by atoms with Gasteiger partial charge < -0.3 is 4.74 Å². The average molecular weight is 355 g/mol. The van der Waals surface area contributed by atoms with Gasteiger partial charge in [-0.25, -0.2) is 9.99 Å². The van der Waals surface area contributed by atoms with Crippen LogP contribution in [0.5, 0.6) is 5.75 Å². The van der Waals surface area contributed by atoms with E-state index in [1.54, 1.807) is 29.8 Å². The molecule has 6 heteroatoms. The largest absolute Gasteiger partial charge is 0.497 e. The molecule has 0 amide bonds. The molecular weight excluding hydrogens is 338 g/mol. The molecule has 122 valence electrons. The fourth-order valence-corrected chi connectivity index (χ4v) is 4.36. The third-order valence-corrected chi connectivity index (χ3v) is 5.86. The zero-order chi connectivity index (χ0) is 16.5. The van der Waals surface area contributed by atoms with E-state index in [0.29, 0.717) is 0 Å². The Balaban J connectivity index is 1.74. The molecule has 0 N–H and O–H groups in total. The summed E-state index contributed by atoms with van der Waals surface area (Å²) in [5.41, 5.74) is 3.34. The molecule has 1 aliphatic heterocycles. The summed E-state index contributed by atoms with van der Waals surface area (Å²) in [5, 5.41) is 12.0. The van der Waals surface area contributed by atoms with Crippen molar-refractivity contribution in [3.63, 3.8) is 0 Å². The first-order chi connectivity index (χ1) is 11.7. The molecule has 3 aromatic rings. The molecule has 4 nitrogen and oxygen atoms in total. The SMILES string of the molecule is COc1cccc([C@H]2CC(c3cccs3)=NN2c2nc(C)cs2)c1. The minimum Gasteiger partial charge on any atom is -0.497 e. The van der Waals surface area contributed by atoms with Crippen molar-refractivity contribution in [3.05, 3.63) is 63.3 Å². The van der Waals surface area contributed by atoms with Crippen LogP contribution in [0.15, 0.2) is 52.3 Å². The van der Waals surface area contributed by atoms with Gasteiger partial charge in [0.15, 0.2) is 0 Å². The Morgan fingerprint density at radius 1 is 1.21 bits per heavy atom. The highest BCUT2D eigenvalue weighted by molar-refractivity contribution is 7.13. The fourth-order valence-electron chi connectivity index (χ4n) is 2.83. The van der Waals surface area contributed by atoms with Gasteiger partial charge in [-0.15, -0.1) is 22.7 Å². The maximum atomic E-state index is 5.39. The van der Waals surface area contributed by atoms with Gasteiger partial charge in [-0.3, -0.25) is 0 Å². The molecule has 0 radical (unpaired) electrons. The number of aromatic nitrogens is 1. The van der Waals surface area contributed by atoms with E-state index >= 15 is 0 Å². The summed E-state index contributed by atoms with van der Waals surface area (Å²) in [4.78, 5) is 5.86. The second-order valence-corrected chi connectivity index (χ2v) is 7.42. The first kappa shape index (κ1) is 15.4. The monoisotopic (exact) mass is 355 g/mol. The Kier molecular flexibility index (Phi) is 4.08. The van der Waals surface area contributed by atoms with E-state index in [1.807, 2.05) is 19.1 Å². The Labute approximate surface area is 149 Å². The van der Waals surface area contributed by atoms with Crippen LogP contribution in [0, 0.1) is 6.92 Å². The number of thiazole rings is 1. The second kappa shape index (κ2) is 6.37. The van der Waals surface area contributed by atoms with Crippen LogP contribution in [-0.2, 0) is 0 Å². The Bertz CT molecular complexity index is 870. The van der Waals surface area contributed by atoms with Crippen molar-refractivity contribution in [2.75, 3.05) is 12.1 Å². The van der Waals surface area contributed by atoms with Crippen molar-refractivity contribution in [2.24, 2.45) is 5.10 Å². The molecule has 0 bridgehead atoms. The molecule has 0 aliphatic carbocycles. The third-order valence-electron chi connectivity index (χ3n) is 4.00. The van der Waals surface area contributed by atoms with Gasteiger partial charge in [-0.05, 0) is 36.1 Å². The first-order valence-corrected chi connectivity index (χ1v) is 9.47. The lowest BCUT2D eigenvalue weighted by atomic mass is 10.0. The number of aryl methyl sites for hydroxylation is 1. The Morgan fingerprint density at radius 2 is 2.12 bits per heavy atom. The van der Waals surface area contributed by atoms with Crippen LogP contribution in [0.3, 0.4) is 0 Å². The number of rotatable bonds is 4. The standard InChI is InChI=1S/C18H17N3OS2/c1-12-11-24-18(19-12)21-16(13-5-3-6-14(9-13)22-2)10-15(20-21)17-7-4-8-23-17/h3-9,11,16H,10H2,1-2H3/t16-/m1/s1. The molecule has 0 saturated carbocycles. The summed E-state index contributed by atoms with van der Waals surface area (Å²) in [5.74, 6) is 0.868. The Hall–Kier alpha value is -2.18. The van der Waals surface area contributed by atoms with Gasteiger partial charge in [0.05, 0.1) is 29.4 Å².